The van der Waals surface area contributed by atoms with E-state index in [0.717, 1.165) is 47.7 Å². The molecule has 178 valence electrons. The molecule has 1 atom stereocenters. The minimum atomic E-state index is -0.543. The molecule has 1 aromatic heterocycles. The summed E-state index contributed by atoms with van der Waals surface area (Å²) in [4.78, 5) is 20.9. The van der Waals surface area contributed by atoms with Crippen LogP contribution in [0.25, 0.3) is 0 Å². The molecule has 1 aliphatic carbocycles. The number of nitrogens with zero attached hydrogens (tertiary/aromatic N) is 2. The highest BCUT2D eigenvalue weighted by Gasteiger charge is 2.52. The molecule has 1 saturated carbocycles. The summed E-state index contributed by atoms with van der Waals surface area (Å²) in [5, 5.41) is 7.92. The molecule has 0 bridgehead atoms. The van der Waals surface area contributed by atoms with Gasteiger partial charge in [-0.25, -0.2) is 4.98 Å². The Hall–Kier alpha value is -2.65. The first-order valence-electron chi connectivity index (χ1n) is 11.3. The number of hydrogen-bond acceptors (Lipinski definition) is 7. The van der Waals surface area contributed by atoms with E-state index in [4.69, 9.17) is 21.1 Å². The molecule has 1 unspecified atom stereocenters. The van der Waals surface area contributed by atoms with Gasteiger partial charge in [-0.1, -0.05) is 47.2 Å². The van der Waals surface area contributed by atoms with Crippen LogP contribution in [0, 0.1) is 0 Å². The van der Waals surface area contributed by atoms with Gasteiger partial charge in [0.25, 0.3) is 0 Å². The zero-order valence-electron chi connectivity index (χ0n) is 19.1. The lowest BCUT2D eigenvalue weighted by molar-refractivity contribution is -0.118. The highest BCUT2D eigenvalue weighted by molar-refractivity contribution is 7.15. The molecule has 0 spiro atoms. The molecule has 2 aromatic carbocycles. The number of anilines is 1. The Bertz CT molecular complexity index is 1190. The van der Waals surface area contributed by atoms with Crippen molar-refractivity contribution in [1.29, 1.82) is 0 Å². The average Bonchev–Trinajstić information content (AvgIpc) is 3.28. The van der Waals surface area contributed by atoms with Gasteiger partial charge in [-0.2, -0.15) is 0 Å². The number of carbonyl (C=O) groups excluding carboxylic acids is 1. The maximum atomic E-state index is 13.3. The number of likely N-dealkylation sites (N-methyl/N-ethyl adjacent to an activating group) is 1. The molecule has 1 fully saturated rings. The topological polar surface area (TPSA) is 75.7 Å². The van der Waals surface area contributed by atoms with Gasteiger partial charge >= 0.3 is 0 Å². The predicted molar refractivity (Wildman–Crippen MR) is 134 cm³/mol. The number of ether oxygens (including phenoxy) is 2. The van der Waals surface area contributed by atoms with Gasteiger partial charge in [-0.15, -0.1) is 0 Å². The van der Waals surface area contributed by atoms with Gasteiger partial charge in [0.2, 0.25) is 12.7 Å². The minimum Gasteiger partial charge on any atom is -0.454 e. The fourth-order valence-corrected chi connectivity index (χ4v) is 5.32. The average molecular weight is 499 g/mol. The van der Waals surface area contributed by atoms with Crippen LogP contribution in [-0.2, 0) is 10.2 Å². The van der Waals surface area contributed by atoms with Gasteiger partial charge in [-0.05, 0) is 56.3 Å². The first-order chi connectivity index (χ1) is 16.5. The molecule has 34 heavy (non-hydrogen) atoms. The van der Waals surface area contributed by atoms with E-state index in [0.29, 0.717) is 15.9 Å². The van der Waals surface area contributed by atoms with Gasteiger partial charge in [0.05, 0.1) is 11.5 Å². The van der Waals surface area contributed by atoms with Gasteiger partial charge in [0.1, 0.15) is 0 Å². The summed E-state index contributed by atoms with van der Waals surface area (Å²) in [6, 6.07) is 13.5. The molecule has 2 heterocycles. The summed E-state index contributed by atoms with van der Waals surface area (Å²) in [6.07, 6.45) is 3.41. The van der Waals surface area contributed by atoms with Crippen LogP contribution in [0.2, 0.25) is 5.02 Å². The Morgan fingerprint density at radius 3 is 2.76 bits per heavy atom. The maximum absolute atomic E-state index is 13.3. The Morgan fingerprint density at radius 1 is 1.21 bits per heavy atom. The molecule has 2 aliphatic rings. The van der Waals surface area contributed by atoms with Crippen LogP contribution < -0.4 is 20.1 Å². The zero-order valence-corrected chi connectivity index (χ0v) is 20.7. The van der Waals surface area contributed by atoms with Crippen LogP contribution in [0.15, 0.2) is 48.7 Å². The van der Waals surface area contributed by atoms with Crippen molar-refractivity contribution < 1.29 is 14.3 Å². The minimum absolute atomic E-state index is 0.0397. The summed E-state index contributed by atoms with van der Waals surface area (Å²) in [5.74, 6) is 1.37. The summed E-state index contributed by atoms with van der Waals surface area (Å²) >= 11 is 7.99. The van der Waals surface area contributed by atoms with E-state index in [1.165, 1.54) is 11.3 Å². The summed E-state index contributed by atoms with van der Waals surface area (Å²) in [7, 11) is 4.08. The fourth-order valence-electron chi connectivity index (χ4n) is 4.17. The highest BCUT2D eigenvalue weighted by Crippen LogP contribution is 2.51. The van der Waals surface area contributed by atoms with Crippen LogP contribution in [0.5, 0.6) is 11.5 Å². The summed E-state index contributed by atoms with van der Waals surface area (Å²) < 4.78 is 10.9. The Labute approximate surface area is 208 Å². The maximum Gasteiger partial charge on any atom is 0.236 e. The molecule has 5 rings (SSSR count). The Kier molecular flexibility index (Phi) is 6.48. The van der Waals surface area contributed by atoms with E-state index in [1.54, 1.807) is 0 Å². The fraction of sp³-hybridized carbons (Fsp3) is 0.360. The molecular weight excluding hydrogens is 472 g/mol. The third kappa shape index (κ3) is 4.63. The number of amides is 1. The number of thiazole rings is 1. The van der Waals surface area contributed by atoms with Crippen molar-refractivity contribution in [3.8, 4) is 11.5 Å². The van der Waals surface area contributed by atoms with Crippen molar-refractivity contribution in [3.63, 3.8) is 0 Å². The first-order valence-corrected chi connectivity index (χ1v) is 12.5. The van der Waals surface area contributed by atoms with E-state index in [2.05, 4.69) is 20.5 Å². The van der Waals surface area contributed by atoms with Crippen molar-refractivity contribution >= 4 is 34.0 Å². The van der Waals surface area contributed by atoms with Gasteiger partial charge < -0.3 is 25.0 Å². The third-order valence-corrected chi connectivity index (χ3v) is 7.58. The van der Waals surface area contributed by atoms with E-state index < -0.39 is 5.41 Å². The van der Waals surface area contributed by atoms with E-state index in [9.17, 15) is 4.79 Å². The smallest absolute Gasteiger partial charge is 0.236 e. The molecule has 3 aromatic rings. The number of hydrogen-bond donors (Lipinski definition) is 2. The van der Waals surface area contributed by atoms with E-state index >= 15 is 0 Å². The van der Waals surface area contributed by atoms with Crippen LogP contribution >= 0.6 is 22.9 Å². The van der Waals surface area contributed by atoms with Crippen molar-refractivity contribution in [2.24, 2.45) is 0 Å². The Morgan fingerprint density at radius 2 is 2.00 bits per heavy atom. The number of halogens is 1. The monoisotopic (exact) mass is 498 g/mol. The van der Waals surface area contributed by atoms with Crippen molar-refractivity contribution in [3.05, 3.63) is 69.7 Å². The summed E-state index contributed by atoms with van der Waals surface area (Å²) in [5.41, 5.74) is 1.40. The van der Waals surface area contributed by atoms with E-state index in [1.807, 2.05) is 62.8 Å². The van der Waals surface area contributed by atoms with Crippen molar-refractivity contribution in [2.45, 2.75) is 24.3 Å². The van der Waals surface area contributed by atoms with Crippen molar-refractivity contribution in [2.75, 3.05) is 39.3 Å². The van der Waals surface area contributed by atoms with Gasteiger partial charge in [-0.3, -0.25) is 4.79 Å². The van der Waals surface area contributed by atoms with Crippen molar-refractivity contribution in [1.82, 2.24) is 15.2 Å². The quantitative estimate of drug-likeness (QED) is 0.454. The molecular formula is C25H27ClN4O3S. The molecule has 0 radical (unpaired) electrons. The number of benzene rings is 2. The number of nitrogens with one attached hydrogen (secondary N) is 2. The normalized spacial score (nSPS) is 16.5. The van der Waals surface area contributed by atoms with Crippen LogP contribution in [0.1, 0.15) is 34.9 Å². The molecule has 2 N–H and O–H groups in total. The third-order valence-electron chi connectivity index (χ3n) is 6.26. The second-order valence-electron chi connectivity index (χ2n) is 8.88. The van der Waals surface area contributed by atoms with Gasteiger partial charge in [0.15, 0.2) is 16.6 Å². The standard InChI is InChI=1S/C25H27ClN4O3S/c1-30(2)12-11-27-22(17-5-3-4-6-18(17)26)21-14-28-24(34-21)29-23(31)25(9-10-25)16-7-8-19-20(13-16)33-15-32-19/h3-8,13-14,22,27H,9-12,15H2,1-2H3,(H,28,29,31). The van der Waals surface area contributed by atoms with Crippen LogP contribution in [-0.4, -0.2) is 49.8 Å². The molecule has 7 nitrogen and oxygen atoms in total. The highest BCUT2D eigenvalue weighted by atomic mass is 35.5. The summed E-state index contributed by atoms with van der Waals surface area (Å²) in [6.45, 7) is 1.90. The predicted octanol–water partition coefficient (Wildman–Crippen LogP) is 4.44. The molecule has 1 amide bonds. The lowest BCUT2D eigenvalue weighted by Gasteiger charge is -2.20. The largest absolute Gasteiger partial charge is 0.454 e. The Balaban J connectivity index is 1.33. The number of rotatable bonds is 9. The first kappa shape index (κ1) is 23.1. The zero-order chi connectivity index (χ0) is 23.7. The lowest BCUT2D eigenvalue weighted by atomic mass is 9.94. The molecule has 0 saturated heterocycles. The number of fused-ring (bicyclic) bond motifs is 1. The van der Waals surface area contributed by atoms with Gasteiger partial charge in [0, 0.05) is 29.2 Å². The lowest BCUT2D eigenvalue weighted by Crippen LogP contribution is -2.30. The van der Waals surface area contributed by atoms with Crippen LogP contribution in [0.3, 0.4) is 0 Å². The van der Waals surface area contributed by atoms with Crippen LogP contribution in [0.4, 0.5) is 5.13 Å². The second-order valence-corrected chi connectivity index (χ2v) is 10.4. The number of aromatic nitrogens is 1. The molecule has 1 aliphatic heterocycles. The second kappa shape index (κ2) is 9.54. The SMILES string of the molecule is CN(C)CCNC(c1cnc(NC(=O)C2(c3ccc4c(c3)OCO4)CC2)s1)c1ccccc1Cl. The van der Waals surface area contributed by atoms with E-state index in [-0.39, 0.29) is 18.7 Å². The molecule has 9 heteroatoms. The number of carbonyl (C=O) groups is 1.